The van der Waals surface area contributed by atoms with Crippen molar-refractivity contribution in [3.63, 3.8) is 0 Å². The highest BCUT2D eigenvalue weighted by Gasteiger charge is 2.14. The minimum atomic E-state index is 0.985. The molecular weight excluding hydrogens is 244 g/mol. The maximum Gasteiger partial charge on any atom is 0.249 e. The Kier molecular flexibility index (Phi) is 4.57. The Morgan fingerprint density at radius 1 is 0.950 bits per heavy atom. The lowest BCUT2D eigenvalue weighted by Gasteiger charge is -1.97. The molecule has 0 bridgehead atoms. The van der Waals surface area contributed by atoms with Gasteiger partial charge in [-0.2, -0.15) is 4.57 Å². The Labute approximate surface area is 121 Å². The molecule has 0 radical (unpaired) electrons. The van der Waals surface area contributed by atoms with E-state index < -0.39 is 0 Å². The van der Waals surface area contributed by atoms with E-state index in [-0.39, 0.29) is 0 Å². The summed E-state index contributed by atoms with van der Waals surface area (Å²) >= 11 is 0. The molecule has 1 aromatic heterocycles. The normalized spacial score (nSPS) is 10.2. The molecule has 0 saturated heterocycles. The summed E-state index contributed by atoms with van der Waals surface area (Å²) in [5.74, 6) is 0. The zero-order chi connectivity index (χ0) is 14.5. The Bertz CT molecular complexity index is 678. The first-order chi connectivity index (χ1) is 9.79. The number of aryl methyl sites for hydroxylation is 2. The number of hydrogen-bond acceptors (Lipinski definition) is 0. The first-order valence-electron chi connectivity index (χ1n) is 7.36. The molecule has 20 heavy (non-hydrogen) atoms. The summed E-state index contributed by atoms with van der Waals surface area (Å²) in [6.45, 7) is 9.27. The third-order valence-corrected chi connectivity index (χ3v) is 3.36. The number of nitrogens with zero attached hydrogens (tertiary/aromatic N) is 2. The minimum Gasteiger partial charge on any atom is -0.230 e. The minimum absolute atomic E-state index is 0.985. The lowest BCUT2D eigenvalue weighted by molar-refractivity contribution is -0.668. The fourth-order valence-corrected chi connectivity index (χ4v) is 2.34. The Morgan fingerprint density at radius 3 is 2.25 bits per heavy atom. The molecule has 3 aromatic rings. The van der Waals surface area contributed by atoms with Crippen molar-refractivity contribution < 1.29 is 4.57 Å². The van der Waals surface area contributed by atoms with Crippen molar-refractivity contribution in [2.24, 2.45) is 0 Å². The lowest BCUT2D eigenvalue weighted by Crippen LogP contribution is -2.30. The lowest BCUT2D eigenvalue weighted by atomic mass is 10.2. The molecule has 0 aliphatic heterocycles. The SMILES string of the molecule is CC.CC[n+]1cn(-c2ccc(C)cc2)c2ccccc21. The summed E-state index contributed by atoms with van der Waals surface area (Å²) in [6.07, 6.45) is 2.18. The second kappa shape index (κ2) is 6.38. The van der Waals surface area contributed by atoms with E-state index in [1.54, 1.807) is 0 Å². The zero-order valence-corrected chi connectivity index (χ0v) is 12.8. The van der Waals surface area contributed by atoms with Crippen molar-refractivity contribution in [2.75, 3.05) is 0 Å². The highest BCUT2D eigenvalue weighted by Crippen LogP contribution is 2.17. The molecular formula is C18H23N2+. The van der Waals surface area contributed by atoms with E-state index in [9.17, 15) is 0 Å². The number of benzene rings is 2. The van der Waals surface area contributed by atoms with Crippen LogP contribution in [0.5, 0.6) is 0 Å². The molecule has 0 spiro atoms. The van der Waals surface area contributed by atoms with Gasteiger partial charge in [0.15, 0.2) is 11.0 Å². The van der Waals surface area contributed by atoms with Gasteiger partial charge in [-0.1, -0.05) is 43.7 Å². The molecule has 0 amide bonds. The van der Waals surface area contributed by atoms with Gasteiger partial charge in [0.05, 0.1) is 6.54 Å². The van der Waals surface area contributed by atoms with Gasteiger partial charge >= 0.3 is 0 Å². The first-order valence-corrected chi connectivity index (χ1v) is 7.36. The average molecular weight is 267 g/mol. The van der Waals surface area contributed by atoms with E-state index >= 15 is 0 Å². The molecule has 104 valence electrons. The summed E-state index contributed by atoms with van der Waals surface area (Å²) in [6, 6.07) is 17.2. The standard InChI is InChI=1S/C16H17N2.C2H6/c1-3-17-12-18(14-10-8-13(2)9-11-14)16-7-5-4-6-15(16)17;1-2/h4-12H,3H2,1-2H3;1-2H3/q+1;. The van der Waals surface area contributed by atoms with Crippen LogP contribution in [0, 0.1) is 6.92 Å². The quantitative estimate of drug-likeness (QED) is 0.613. The van der Waals surface area contributed by atoms with Crippen molar-refractivity contribution in [2.45, 2.75) is 34.2 Å². The van der Waals surface area contributed by atoms with Gasteiger partial charge in [0.2, 0.25) is 6.33 Å². The Morgan fingerprint density at radius 2 is 1.60 bits per heavy atom. The smallest absolute Gasteiger partial charge is 0.230 e. The Balaban J connectivity index is 0.000000704. The predicted octanol–water partition coefficient (Wildman–Crippen LogP) is 4.27. The van der Waals surface area contributed by atoms with E-state index in [1.807, 2.05) is 13.8 Å². The summed E-state index contributed by atoms with van der Waals surface area (Å²) in [5, 5.41) is 0. The van der Waals surface area contributed by atoms with Gasteiger partial charge in [-0.3, -0.25) is 0 Å². The van der Waals surface area contributed by atoms with Crippen LogP contribution in [0.25, 0.3) is 16.7 Å². The van der Waals surface area contributed by atoms with Crippen LogP contribution in [-0.4, -0.2) is 4.57 Å². The number of aromatic nitrogens is 2. The number of rotatable bonds is 2. The molecule has 0 atom stereocenters. The van der Waals surface area contributed by atoms with E-state index in [2.05, 4.69) is 77.8 Å². The first kappa shape index (κ1) is 14.3. The second-order valence-electron chi connectivity index (χ2n) is 4.60. The monoisotopic (exact) mass is 267 g/mol. The van der Waals surface area contributed by atoms with Gasteiger partial charge in [-0.15, -0.1) is 0 Å². The predicted molar refractivity (Wildman–Crippen MR) is 85.2 cm³/mol. The summed E-state index contributed by atoms with van der Waals surface area (Å²) in [4.78, 5) is 0. The van der Waals surface area contributed by atoms with Crippen LogP contribution in [0.3, 0.4) is 0 Å². The second-order valence-corrected chi connectivity index (χ2v) is 4.60. The van der Waals surface area contributed by atoms with E-state index in [0.29, 0.717) is 0 Å². The van der Waals surface area contributed by atoms with Crippen LogP contribution in [0.1, 0.15) is 26.3 Å². The van der Waals surface area contributed by atoms with Crippen molar-refractivity contribution in [1.82, 2.24) is 4.57 Å². The van der Waals surface area contributed by atoms with Crippen LogP contribution in [0.4, 0.5) is 0 Å². The number of fused-ring (bicyclic) bond motifs is 1. The molecule has 1 heterocycles. The van der Waals surface area contributed by atoms with Gasteiger partial charge in [-0.25, -0.2) is 4.57 Å². The maximum absolute atomic E-state index is 2.27. The van der Waals surface area contributed by atoms with Gasteiger partial charge in [0.25, 0.3) is 0 Å². The molecule has 2 aromatic carbocycles. The van der Waals surface area contributed by atoms with Gasteiger partial charge in [0, 0.05) is 0 Å². The molecule has 2 nitrogen and oxygen atoms in total. The maximum atomic E-state index is 2.27. The zero-order valence-electron chi connectivity index (χ0n) is 12.8. The van der Waals surface area contributed by atoms with Crippen LogP contribution < -0.4 is 4.57 Å². The molecule has 3 rings (SSSR count). The van der Waals surface area contributed by atoms with Crippen LogP contribution in [0.2, 0.25) is 0 Å². The molecule has 0 saturated carbocycles. The number of para-hydroxylation sites is 2. The van der Waals surface area contributed by atoms with Crippen LogP contribution in [0.15, 0.2) is 54.9 Å². The average Bonchev–Trinajstić information content (AvgIpc) is 2.89. The van der Waals surface area contributed by atoms with Crippen molar-refractivity contribution in [3.8, 4) is 5.69 Å². The van der Waals surface area contributed by atoms with Crippen molar-refractivity contribution >= 4 is 11.0 Å². The highest BCUT2D eigenvalue weighted by atomic mass is 15.1. The summed E-state index contributed by atoms with van der Waals surface area (Å²) in [7, 11) is 0. The van der Waals surface area contributed by atoms with Crippen LogP contribution in [-0.2, 0) is 6.54 Å². The highest BCUT2D eigenvalue weighted by molar-refractivity contribution is 5.73. The van der Waals surface area contributed by atoms with Gasteiger partial charge in [0.1, 0.15) is 5.69 Å². The largest absolute Gasteiger partial charge is 0.249 e. The molecule has 0 aliphatic carbocycles. The third-order valence-electron chi connectivity index (χ3n) is 3.36. The van der Waals surface area contributed by atoms with Gasteiger partial charge < -0.3 is 0 Å². The van der Waals surface area contributed by atoms with Crippen LogP contribution >= 0.6 is 0 Å². The van der Waals surface area contributed by atoms with E-state index in [1.165, 1.54) is 22.3 Å². The molecule has 2 heteroatoms. The van der Waals surface area contributed by atoms with Gasteiger partial charge in [-0.05, 0) is 38.1 Å². The van der Waals surface area contributed by atoms with E-state index in [4.69, 9.17) is 0 Å². The third kappa shape index (κ3) is 2.60. The molecule has 0 N–H and O–H groups in total. The summed E-state index contributed by atoms with van der Waals surface area (Å²) in [5.41, 5.74) is 5.03. The molecule has 0 aliphatic rings. The Hall–Kier alpha value is -2.09. The van der Waals surface area contributed by atoms with Crippen molar-refractivity contribution in [3.05, 3.63) is 60.4 Å². The van der Waals surface area contributed by atoms with Crippen molar-refractivity contribution in [1.29, 1.82) is 0 Å². The topological polar surface area (TPSA) is 8.81 Å². The number of hydrogen-bond donors (Lipinski definition) is 0. The molecule has 0 fully saturated rings. The fourth-order valence-electron chi connectivity index (χ4n) is 2.34. The summed E-state index contributed by atoms with van der Waals surface area (Å²) < 4.78 is 4.52. The van der Waals surface area contributed by atoms with E-state index in [0.717, 1.165) is 6.54 Å². The molecule has 0 unspecified atom stereocenters. The number of imidazole rings is 1. The fraction of sp³-hybridized carbons (Fsp3) is 0.278.